The van der Waals surface area contributed by atoms with Gasteiger partial charge >= 0.3 is 0 Å². The molecule has 0 bridgehead atoms. The van der Waals surface area contributed by atoms with E-state index in [2.05, 4.69) is 4.98 Å². The number of allylic oxidation sites excluding steroid dienone is 1. The van der Waals surface area contributed by atoms with Crippen LogP contribution in [-0.4, -0.2) is 32.1 Å². The lowest BCUT2D eigenvalue weighted by Gasteiger charge is -2.06. The molecule has 1 aromatic heterocycles. The van der Waals surface area contributed by atoms with Crippen LogP contribution in [0.1, 0.15) is 15.9 Å². The Hall–Kier alpha value is -3.72. The van der Waals surface area contributed by atoms with E-state index >= 15 is 0 Å². The van der Waals surface area contributed by atoms with Crippen LogP contribution in [0.25, 0.3) is 17.0 Å². The predicted molar refractivity (Wildman–Crippen MR) is 102 cm³/mol. The lowest BCUT2D eigenvalue weighted by atomic mass is 10.0. The van der Waals surface area contributed by atoms with Gasteiger partial charge in [0.2, 0.25) is 5.78 Å². The van der Waals surface area contributed by atoms with E-state index in [-0.39, 0.29) is 11.4 Å². The van der Waals surface area contributed by atoms with Gasteiger partial charge < -0.3 is 19.2 Å². The zero-order valence-corrected chi connectivity index (χ0v) is 15.2. The summed E-state index contributed by atoms with van der Waals surface area (Å²) in [5.41, 5.74) is 1.84. The largest absolute Gasteiger partial charge is 0.497 e. The van der Waals surface area contributed by atoms with Gasteiger partial charge in [0.1, 0.15) is 28.9 Å². The Morgan fingerprint density at radius 2 is 1.67 bits per heavy atom. The molecule has 6 heteroatoms. The predicted octanol–water partition coefficient (Wildman–Crippen LogP) is 3.98. The number of rotatable bonds is 6. The lowest BCUT2D eigenvalue weighted by Crippen LogP contribution is -2.01. The summed E-state index contributed by atoms with van der Waals surface area (Å²) in [5.74, 6) is 1.40. The molecule has 3 rings (SSSR count). The molecule has 27 heavy (non-hydrogen) atoms. The Morgan fingerprint density at radius 1 is 1.00 bits per heavy atom. The van der Waals surface area contributed by atoms with Crippen molar-refractivity contribution in [3.05, 3.63) is 59.3 Å². The molecule has 0 saturated carbocycles. The molecule has 0 spiro atoms. The Bertz CT molecular complexity index is 1050. The quantitative estimate of drug-likeness (QED) is 0.407. The van der Waals surface area contributed by atoms with Gasteiger partial charge in [0.25, 0.3) is 0 Å². The SMILES string of the molecule is COc1cc(/C=C(/C#N)C(=O)c2c[nH]c3ccc(OC)cc23)cc(OC)c1. The maximum absolute atomic E-state index is 12.9. The number of aromatic nitrogens is 1. The fraction of sp³-hybridized carbons (Fsp3) is 0.143. The number of methoxy groups -OCH3 is 3. The second-order valence-corrected chi connectivity index (χ2v) is 5.76. The third-order valence-corrected chi connectivity index (χ3v) is 4.18. The van der Waals surface area contributed by atoms with E-state index in [0.717, 1.165) is 5.52 Å². The van der Waals surface area contributed by atoms with E-state index in [9.17, 15) is 10.1 Å². The molecule has 3 aromatic rings. The number of fused-ring (bicyclic) bond motifs is 1. The maximum atomic E-state index is 12.9. The van der Waals surface area contributed by atoms with Gasteiger partial charge in [-0.05, 0) is 42.0 Å². The Balaban J connectivity index is 2.05. The molecule has 0 unspecified atom stereocenters. The maximum Gasteiger partial charge on any atom is 0.205 e. The number of ketones is 1. The molecule has 2 aromatic carbocycles. The van der Waals surface area contributed by atoms with Gasteiger partial charge in [-0.25, -0.2) is 0 Å². The fourth-order valence-electron chi connectivity index (χ4n) is 2.79. The van der Waals surface area contributed by atoms with Crippen molar-refractivity contribution in [3.8, 4) is 23.3 Å². The van der Waals surface area contributed by atoms with Crippen LogP contribution in [0.15, 0.2) is 48.2 Å². The highest BCUT2D eigenvalue weighted by atomic mass is 16.5. The van der Waals surface area contributed by atoms with Gasteiger partial charge in [-0.1, -0.05) is 0 Å². The zero-order chi connectivity index (χ0) is 19.4. The molecule has 136 valence electrons. The van der Waals surface area contributed by atoms with Crippen LogP contribution in [0, 0.1) is 11.3 Å². The molecule has 0 saturated heterocycles. The number of H-pyrrole nitrogens is 1. The Morgan fingerprint density at radius 3 is 2.26 bits per heavy atom. The number of aromatic amines is 1. The van der Waals surface area contributed by atoms with Crippen molar-refractivity contribution in [2.75, 3.05) is 21.3 Å². The molecule has 0 aliphatic rings. The van der Waals surface area contributed by atoms with E-state index in [1.807, 2.05) is 12.1 Å². The molecule has 6 nitrogen and oxygen atoms in total. The van der Waals surface area contributed by atoms with E-state index in [1.54, 1.807) is 43.6 Å². The van der Waals surface area contributed by atoms with Gasteiger partial charge in [-0.15, -0.1) is 0 Å². The van der Waals surface area contributed by atoms with Gasteiger partial charge in [-0.2, -0.15) is 5.26 Å². The first-order valence-corrected chi connectivity index (χ1v) is 8.14. The first-order chi connectivity index (χ1) is 13.1. The average molecular weight is 362 g/mol. The van der Waals surface area contributed by atoms with Crippen LogP contribution in [0.5, 0.6) is 17.2 Å². The summed E-state index contributed by atoms with van der Waals surface area (Å²) in [6.45, 7) is 0. The summed E-state index contributed by atoms with van der Waals surface area (Å²) < 4.78 is 15.7. The Kier molecular flexibility index (Phi) is 5.13. The molecule has 0 radical (unpaired) electrons. The number of nitrogens with one attached hydrogen (secondary N) is 1. The van der Waals surface area contributed by atoms with Crippen molar-refractivity contribution in [2.24, 2.45) is 0 Å². The summed E-state index contributed by atoms with van der Waals surface area (Å²) in [6, 6.07) is 12.6. The van der Waals surface area contributed by atoms with Crippen molar-refractivity contribution in [1.82, 2.24) is 4.98 Å². The number of benzene rings is 2. The lowest BCUT2D eigenvalue weighted by molar-refractivity contribution is 0.104. The fourth-order valence-corrected chi connectivity index (χ4v) is 2.79. The van der Waals surface area contributed by atoms with Gasteiger partial charge in [0.15, 0.2) is 0 Å². The standard InChI is InChI=1S/C21H18N2O4/c1-25-15-4-5-20-18(10-15)19(12-23-20)21(24)14(11-22)6-13-7-16(26-2)9-17(8-13)27-3/h4-10,12,23H,1-3H3/b14-6-. The van der Waals surface area contributed by atoms with E-state index in [1.165, 1.54) is 20.3 Å². The minimum atomic E-state index is -0.376. The number of carbonyl (C=O) groups excluding carboxylic acids is 1. The molecule has 1 heterocycles. The van der Waals surface area contributed by atoms with Crippen LogP contribution in [0.2, 0.25) is 0 Å². The summed E-state index contributed by atoms with van der Waals surface area (Å²) in [4.78, 5) is 16.0. The van der Waals surface area contributed by atoms with Crippen molar-refractivity contribution in [2.45, 2.75) is 0 Å². The highest BCUT2D eigenvalue weighted by molar-refractivity contribution is 6.20. The second kappa shape index (κ2) is 7.67. The number of carbonyl (C=O) groups is 1. The average Bonchev–Trinajstić information content (AvgIpc) is 3.14. The van der Waals surface area contributed by atoms with Crippen molar-refractivity contribution >= 4 is 22.8 Å². The van der Waals surface area contributed by atoms with Gasteiger partial charge in [-0.3, -0.25) is 4.79 Å². The van der Waals surface area contributed by atoms with E-state index < -0.39 is 0 Å². The van der Waals surface area contributed by atoms with Crippen LogP contribution in [0.4, 0.5) is 0 Å². The molecule has 0 amide bonds. The normalized spacial score (nSPS) is 11.1. The molecule has 0 atom stereocenters. The highest BCUT2D eigenvalue weighted by Crippen LogP contribution is 2.27. The van der Waals surface area contributed by atoms with E-state index in [0.29, 0.717) is 33.8 Å². The topological polar surface area (TPSA) is 84.3 Å². The number of Topliss-reactive ketones (excluding diaryl/α,β-unsaturated/α-hetero) is 1. The van der Waals surface area contributed by atoms with Crippen molar-refractivity contribution < 1.29 is 19.0 Å². The minimum Gasteiger partial charge on any atom is -0.497 e. The summed E-state index contributed by atoms with van der Waals surface area (Å²) in [6.07, 6.45) is 3.12. The summed E-state index contributed by atoms with van der Waals surface area (Å²) in [5, 5.41) is 10.2. The van der Waals surface area contributed by atoms with Gasteiger partial charge in [0.05, 0.1) is 21.3 Å². The number of nitriles is 1. The zero-order valence-electron chi connectivity index (χ0n) is 15.2. The van der Waals surface area contributed by atoms with Crippen LogP contribution < -0.4 is 14.2 Å². The second-order valence-electron chi connectivity index (χ2n) is 5.76. The highest BCUT2D eigenvalue weighted by Gasteiger charge is 2.17. The van der Waals surface area contributed by atoms with Crippen molar-refractivity contribution in [1.29, 1.82) is 5.26 Å². The van der Waals surface area contributed by atoms with E-state index in [4.69, 9.17) is 14.2 Å². The molecule has 0 fully saturated rings. The number of nitrogens with zero attached hydrogens (tertiary/aromatic N) is 1. The first-order valence-electron chi connectivity index (χ1n) is 8.14. The first kappa shape index (κ1) is 18.1. The molecular formula is C21H18N2O4. The molecule has 0 aliphatic carbocycles. The summed E-state index contributed by atoms with van der Waals surface area (Å²) >= 11 is 0. The number of hydrogen-bond donors (Lipinski definition) is 1. The summed E-state index contributed by atoms with van der Waals surface area (Å²) in [7, 11) is 4.64. The minimum absolute atomic E-state index is 0.00836. The third kappa shape index (κ3) is 3.62. The number of ether oxygens (including phenoxy) is 3. The third-order valence-electron chi connectivity index (χ3n) is 4.18. The monoisotopic (exact) mass is 362 g/mol. The van der Waals surface area contributed by atoms with Gasteiger partial charge in [0, 0.05) is 28.7 Å². The smallest absolute Gasteiger partial charge is 0.205 e. The van der Waals surface area contributed by atoms with Crippen LogP contribution in [0.3, 0.4) is 0 Å². The molecular weight excluding hydrogens is 344 g/mol. The van der Waals surface area contributed by atoms with Crippen LogP contribution in [-0.2, 0) is 0 Å². The van der Waals surface area contributed by atoms with Crippen LogP contribution >= 0.6 is 0 Å². The Labute approximate surface area is 156 Å². The van der Waals surface area contributed by atoms with Crippen molar-refractivity contribution in [3.63, 3.8) is 0 Å². The number of hydrogen-bond acceptors (Lipinski definition) is 5. The molecule has 0 aliphatic heterocycles. The molecule has 1 N–H and O–H groups in total.